The minimum atomic E-state index is -0.496. The molecule has 1 N–H and O–H groups in total. The number of hydrogen-bond donors (Lipinski definition) is 1. The fourth-order valence-corrected chi connectivity index (χ4v) is 4.19. The molecule has 3 rings (SSSR count). The summed E-state index contributed by atoms with van der Waals surface area (Å²) in [6.07, 6.45) is 0.0777. The Hall–Kier alpha value is -3.00. The fraction of sp³-hybridized carbons (Fsp3) is 0.318. The molecule has 1 aliphatic rings. The Bertz CT molecular complexity index is 913. The van der Waals surface area contributed by atoms with Crippen LogP contribution in [0.5, 0.6) is 11.5 Å². The van der Waals surface area contributed by atoms with Crippen LogP contribution in [0.15, 0.2) is 53.5 Å². The van der Waals surface area contributed by atoms with Crippen LogP contribution < -0.4 is 14.8 Å². The molecule has 1 atom stereocenters. The van der Waals surface area contributed by atoms with Crippen LogP contribution in [0.4, 0.5) is 11.4 Å². The van der Waals surface area contributed by atoms with Crippen LogP contribution in [-0.4, -0.2) is 47.4 Å². The molecule has 1 aliphatic heterocycles. The number of benzene rings is 2. The smallest absolute Gasteiger partial charge is 0.242 e. The molecule has 8 heteroatoms. The van der Waals surface area contributed by atoms with E-state index >= 15 is 0 Å². The van der Waals surface area contributed by atoms with Gasteiger partial charge in [-0.25, -0.2) is 4.99 Å². The van der Waals surface area contributed by atoms with E-state index in [1.54, 1.807) is 36.3 Å². The summed E-state index contributed by atoms with van der Waals surface area (Å²) in [6.45, 7) is 4.92. The van der Waals surface area contributed by atoms with E-state index in [9.17, 15) is 9.59 Å². The Kier molecular flexibility index (Phi) is 7.35. The van der Waals surface area contributed by atoms with Gasteiger partial charge in [-0.1, -0.05) is 11.8 Å². The molecule has 0 aliphatic carbocycles. The van der Waals surface area contributed by atoms with E-state index in [1.165, 1.54) is 11.8 Å². The lowest BCUT2D eigenvalue weighted by Crippen LogP contribution is -2.33. The van der Waals surface area contributed by atoms with Crippen LogP contribution in [0, 0.1) is 0 Å². The van der Waals surface area contributed by atoms with Gasteiger partial charge < -0.3 is 14.8 Å². The second kappa shape index (κ2) is 10.2. The normalized spacial score (nSPS) is 17.3. The van der Waals surface area contributed by atoms with E-state index in [-0.39, 0.29) is 18.2 Å². The van der Waals surface area contributed by atoms with Gasteiger partial charge in [0.1, 0.15) is 16.7 Å². The van der Waals surface area contributed by atoms with Gasteiger partial charge in [0.15, 0.2) is 5.17 Å². The van der Waals surface area contributed by atoms with Crippen molar-refractivity contribution in [3.8, 4) is 11.5 Å². The number of amides is 2. The molecule has 0 aromatic heterocycles. The number of aliphatic imine (C=N–C) groups is 1. The molecule has 2 amide bonds. The average Bonchev–Trinajstić information content (AvgIpc) is 3.04. The summed E-state index contributed by atoms with van der Waals surface area (Å²) in [6, 6.07) is 14.5. The summed E-state index contributed by atoms with van der Waals surface area (Å²) in [4.78, 5) is 31.4. The summed E-state index contributed by atoms with van der Waals surface area (Å²) in [7, 11) is 1.59. The second-order valence-electron chi connectivity index (χ2n) is 6.49. The molecule has 1 unspecified atom stereocenters. The zero-order chi connectivity index (χ0) is 21.5. The van der Waals surface area contributed by atoms with Crippen LogP contribution in [0.2, 0.25) is 0 Å². The third-order valence-corrected chi connectivity index (χ3v) is 5.63. The van der Waals surface area contributed by atoms with Crippen molar-refractivity contribution in [1.29, 1.82) is 0 Å². The number of ether oxygens (including phenoxy) is 2. The molecule has 30 heavy (non-hydrogen) atoms. The van der Waals surface area contributed by atoms with Crippen LogP contribution in [0.1, 0.15) is 20.3 Å². The molecule has 0 saturated carbocycles. The number of nitrogens with one attached hydrogen (secondary N) is 1. The Morgan fingerprint density at radius 3 is 2.37 bits per heavy atom. The number of carbonyl (C=O) groups excluding carboxylic acids is 2. The van der Waals surface area contributed by atoms with E-state index in [4.69, 9.17) is 9.47 Å². The molecule has 158 valence electrons. The van der Waals surface area contributed by atoms with Gasteiger partial charge >= 0.3 is 0 Å². The van der Waals surface area contributed by atoms with E-state index in [0.29, 0.717) is 29.8 Å². The van der Waals surface area contributed by atoms with Gasteiger partial charge in [0.05, 0.1) is 19.4 Å². The number of thioether (sulfide) groups is 1. The molecule has 7 nitrogen and oxygen atoms in total. The van der Waals surface area contributed by atoms with Gasteiger partial charge in [-0.2, -0.15) is 0 Å². The Morgan fingerprint density at radius 1 is 1.10 bits per heavy atom. The first-order valence-corrected chi connectivity index (χ1v) is 10.7. The number of hydrogen-bond acceptors (Lipinski definition) is 6. The van der Waals surface area contributed by atoms with Crippen molar-refractivity contribution >= 4 is 40.1 Å². The van der Waals surface area contributed by atoms with E-state index < -0.39 is 5.25 Å². The zero-order valence-corrected chi connectivity index (χ0v) is 18.1. The predicted molar refractivity (Wildman–Crippen MR) is 120 cm³/mol. The van der Waals surface area contributed by atoms with Crippen molar-refractivity contribution in [3.05, 3.63) is 48.5 Å². The maximum Gasteiger partial charge on any atom is 0.242 e. The number of rotatable bonds is 8. The van der Waals surface area contributed by atoms with Crippen molar-refractivity contribution in [3.63, 3.8) is 0 Å². The molecule has 0 radical (unpaired) electrons. The third-order valence-electron chi connectivity index (χ3n) is 4.45. The second-order valence-corrected chi connectivity index (χ2v) is 7.66. The Morgan fingerprint density at radius 2 is 1.77 bits per heavy atom. The summed E-state index contributed by atoms with van der Waals surface area (Å²) in [5.41, 5.74) is 1.39. The van der Waals surface area contributed by atoms with Gasteiger partial charge in [0.25, 0.3) is 0 Å². The maximum absolute atomic E-state index is 12.8. The van der Waals surface area contributed by atoms with Crippen LogP contribution in [-0.2, 0) is 9.59 Å². The highest BCUT2D eigenvalue weighted by atomic mass is 32.2. The number of methoxy groups -OCH3 is 1. The lowest BCUT2D eigenvalue weighted by Gasteiger charge is -2.13. The summed E-state index contributed by atoms with van der Waals surface area (Å²) in [5.74, 6) is 1.17. The lowest BCUT2D eigenvalue weighted by atomic mass is 10.2. The molecule has 1 saturated heterocycles. The van der Waals surface area contributed by atoms with Crippen molar-refractivity contribution in [2.45, 2.75) is 25.5 Å². The van der Waals surface area contributed by atoms with E-state index in [0.717, 1.165) is 11.4 Å². The maximum atomic E-state index is 12.8. The van der Waals surface area contributed by atoms with Gasteiger partial charge in [-0.15, -0.1) is 0 Å². The minimum Gasteiger partial charge on any atom is -0.497 e. The first kappa shape index (κ1) is 21.7. The summed E-state index contributed by atoms with van der Waals surface area (Å²) in [5, 5.41) is 2.93. The highest BCUT2D eigenvalue weighted by molar-refractivity contribution is 8.15. The zero-order valence-electron chi connectivity index (χ0n) is 17.3. The fourth-order valence-electron chi connectivity index (χ4n) is 2.96. The van der Waals surface area contributed by atoms with Crippen molar-refractivity contribution in [2.24, 2.45) is 4.99 Å². The standard InChI is InChI=1S/C22H25N3O4S/c1-4-25-21(27)19(14-20(26)23-15-6-10-17(28-3)11-7-15)30-22(25)24-16-8-12-18(13-9-16)29-5-2/h6-13,19H,4-5,14H2,1-3H3,(H,23,26). The van der Waals surface area contributed by atoms with Crippen LogP contribution in [0.25, 0.3) is 0 Å². The van der Waals surface area contributed by atoms with Crippen LogP contribution in [0.3, 0.4) is 0 Å². The largest absolute Gasteiger partial charge is 0.497 e. The quantitative estimate of drug-likeness (QED) is 0.687. The molecule has 0 bridgehead atoms. The molecule has 1 fully saturated rings. The number of carbonyl (C=O) groups is 2. The SMILES string of the molecule is CCOc1ccc(N=C2SC(CC(=O)Nc3ccc(OC)cc3)C(=O)N2CC)cc1. The highest BCUT2D eigenvalue weighted by Crippen LogP contribution is 2.32. The van der Waals surface area contributed by atoms with Crippen LogP contribution >= 0.6 is 11.8 Å². The molecule has 2 aromatic carbocycles. The first-order chi connectivity index (χ1) is 14.5. The highest BCUT2D eigenvalue weighted by Gasteiger charge is 2.38. The average molecular weight is 428 g/mol. The summed E-state index contributed by atoms with van der Waals surface area (Å²) < 4.78 is 10.6. The van der Waals surface area contributed by atoms with Crippen molar-refractivity contribution in [2.75, 3.05) is 25.6 Å². The van der Waals surface area contributed by atoms with Gasteiger partial charge in [0, 0.05) is 18.7 Å². The lowest BCUT2D eigenvalue weighted by molar-refractivity contribution is -0.128. The Balaban J connectivity index is 1.66. The number of amidine groups is 1. The number of nitrogens with zero attached hydrogens (tertiary/aromatic N) is 2. The molecular formula is C22H25N3O4S. The van der Waals surface area contributed by atoms with Crippen molar-refractivity contribution in [1.82, 2.24) is 4.90 Å². The van der Waals surface area contributed by atoms with Crippen molar-refractivity contribution < 1.29 is 19.1 Å². The minimum absolute atomic E-state index is 0.0777. The Labute approximate surface area is 180 Å². The van der Waals surface area contributed by atoms with Gasteiger partial charge in [0.2, 0.25) is 11.8 Å². The van der Waals surface area contributed by atoms with E-state index in [2.05, 4.69) is 10.3 Å². The summed E-state index contributed by atoms with van der Waals surface area (Å²) >= 11 is 1.32. The number of anilines is 1. The van der Waals surface area contributed by atoms with Gasteiger partial charge in [-0.05, 0) is 62.4 Å². The molecule has 0 spiro atoms. The monoisotopic (exact) mass is 427 g/mol. The van der Waals surface area contributed by atoms with Gasteiger partial charge in [-0.3, -0.25) is 14.5 Å². The molecule has 1 heterocycles. The topological polar surface area (TPSA) is 80.2 Å². The van der Waals surface area contributed by atoms with E-state index in [1.807, 2.05) is 38.1 Å². The first-order valence-electron chi connectivity index (χ1n) is 9.77. The molecular weight excluding hydrogens is 402 g/mol. The molecule has 2 aromatic rings. The third kappa shape index (κ3) is 5.33. The predicted octanol–water partition coefficient (Wildman–Crippen LogP) is 4.07.